The highest BCUT2D eigenvalue weighted by molar-refractivity contribution is 9.11. The van der Waals surface area contributed by atoms with Gasteiger partial charge in [0.2, 0.25) is 0 Å². The number of anilines is 1. The van der Waals surface area contributed by atoms with Crippen LogP contribution < -0.4 is 4.90 Å². The standard InChI is InChI=1S/C16H18BrN5O2S/c1-19-6-7-21(16(19)24)12-8-18-22(10-12)11-4-5-20(9-11)15(23)13-2-3-14(17)25-13/h2-3,8,10-11H,4-7,9H2,1H3. The van der Waals surface area contributed by atoms with E-state index in [9.17, 15) is 9.59 Å². The van der Waals surface area contributed by atoms with Gasteiger partial charge in [0.05, 0.1) is 26.6 Å². The number of carbonyl (C=O) groups excluding carboxylic acids is 2. The number of rotatable bonds is 3. The van der Waals surface area contributed by atoms with E-state index in [0.717, 1.165) is 33.9 Å². The Labute approximate surface area is 157 Å². The molecule has 0 radical (unpaired) electrons. The molecule has 0 bridgehead atoms. The third-order valence-corrected chi connectivity index (χ3v) is 6.34. The quantitative estimate of drug-likeness (QED) is 0.761. The Balaban J connectivity index is 1.44. The largest absolute Gasteiger partial charge is 0.336 e. The van der Waals surface area contributed by atoms with E-state index in [1.165, 1.54) is 11.3 Å². The molecular weight excluding hydrogens is 406 g/mol. The maximum absolute atomic E-state index is 12.6. The highest BCUT2D eigenvalue weighted by Gasteiger charge is 2.31. The lowest BCUT2D eigenvalue weighted by molar-refractivity contribution is 0.0792. The molecule has 2 aliphatic heterocycles. The second kappa shape index (κ2) is 6.45. The summed E-state index contributed by atoms with van der Waals surface area (Å²) in [6, 6.07) is 3.91. The number of hydrogen-bond donors (Lipinski definition) is 0. The van der Waals surface area contributed by atoms with Crippen LogP contribution in [-0.4, -0.2) is 64.7 Å². The van der Waals surface area contributed by atoms with Crippen molar-refractivity contribution in [3.63, 3.8) is 0 Å². The third kappa shape index (κ3) is 3.06. The predicted molar refractivity (Wildman–Crippen MR) is 99.2 cm³/mol. The summed E-state index contributed by atoms with van der Waals surface area (Å²) in [7, 11) is 1.80. The number of amides is 3. The lowest BCUT2D eigenvalue weighted by Crippen LogP contribution is -2.29. The Morgan fingerprint density at radius 1 is 1.32 bits per heavy atom. The molecule has 4 rings (SSSR count). The van der Waals surface area contributed by atoms with Crippen LogP contribution in [0.3, 0.4) is 0 Å². The zero-order valence-corrected chi connectivity index (χ0v) is 16.2. The molecule has 0 aromatic carbocycles. The highest BCUT2D eigenvalue weighted by atomic mass is 79.9. The first-order valence-electron chi connectivity index (χ1n) is 8.14. The van der Waals surface area contributed by atoms with Crippen LogP contribution in [0.1, 0.15) is 22.1 Å². The van der Waals surface area contributed by atoms with Crippen LogP contribution in [0.25, 0.3) is 0 Å². The van der Waals surface area contributed by atoms with Crippen molar-refractivity contribution in [3.8, 4) is 0 Å². The molecule has 0 saturated carbocycles. The first kappa shape index (κ1) is 16.6. The Morgan fingerprint density at radius 3 is 2.84 bits per heavy atom. The molecule has 0 spiro atoms. The van der Waals surface area contributed by atoms with Gasteiger partial charge in [0, 0.05) is 39.4 Å². The minimum absolute atomic E-state index is 0.00560. The molecule has 25 heavy (non-hydrogen) atoms. The molecule has 2 aromatic heterocycles. The number of thiophene rings is 1. The summed E-state index contributed by atoms with van der Waals surface area (Å²) in [4.78, 5) is 30.7. The molecular formula is C16H18BrN5O2S. The number of likely N-dealkylation sites (tertiary alicyclic amines) is 1. The highest BCUT2D eigenvalue weighted by Crippen LogP contribution is 2.28. The topological polar surface area (TPSA) is 61.7 Å². The van der Waals surface area contributed by atoms with Gasteiger partial charge in [0.1, 0.15) is 0 Å². The monoisotopic (exact) mass is 423 g/mol. The van der Waals surface area contributed by atoms with Crippen molar-refractivity contribution in [1.82, 2.24) is 19.6 Å². The van der Waals surface area contributed by atoms with Gasteiger partial charge in [-0.15, -0.1) is 11.3 Å². The summed E-state index contributed by atoms with van der Waals surface area (Å²) in [6.07, 6.45) is 4.52. The van der Waals surface area contributed by atoms with Gasteiger partial charge in [-0.1, -0.05) is 0 Å². The molecule has 7 nitrogen and oxygen atoms in total. The van der Waals surface area contributed by atoms with Gasteiger partial charge in [-0.05, 0) is 34.5 Å². The molecule has 0 N–H and O–H groups in total. The van der Waals surface area contributed by atoms with Crippen molar-refractivity contribution in [1.29, 1.82) is 0 Å². The van der Waals surface area contributed by atoms with Crippen LogP contribution in [-0.2, 0) is 0 Å². The lowest BCUT2D eigenvalue weighted by atomic mass is 10.3. The van der Waals surface area contributed by atoms with Crippen molar-refractivity contribution in [3.05, 3.63) is 33.2 Å². The first-order valence-corrected chi connectivity index (χ1v) is 9.75. The van der Waals surface area contributed by atoms with E-state index in [2.05, 4.69) is 21.0 Å². The van der Waals surface area contributed by atoms with Crippen molar-refractivity contribution in [2.24, 2.45) is 0 Å². The summed E-state index contributed by atoms with van der Waals surface area (Å²) in [5.74, 6) is 0.0712. The van der Waals surface area contributed by atoms with Gasteiger partial charge in [0.15, 0.2) is 0 Å². The Bertz CT molecular complexity index is 819. The molecule has 2 aromatic rings. The number of halogens is 1. The molecule has 9 heteroatoms. The van der Waals surface area contributed by atoms with Crippen LogP contribution in [0.15, 0.2) is 28.3 Å². The number of urea groups is 1. The minimum atomic E-state index is 0.00560. The molecule has 2 fully saturated rings. The number of nitrogens with zero attached hydrogens (tertiary/aromatic N) is 5. The van der Waals surface area contributed by atoms with Gasteiger partial charge in [-0.2, -0.15) is 5.10 Å². The van der Waals surface area contributed by atoms with E-state index in [-0.39, 0.29) is 18.0 Å². The van der Waals surface area contributed by atoms with Crippen LogP contribution in [0.4, 0.5) is 10.5 Å². The first-order chi connectivity index (χ1) is 12.0. The maximum Gasteiger partial charge on any atom is 0.324 e. The van der Waals surface area contributed by atoms with E-state index >= 15 is 0 Å². The Hall–Kier alpha value is -1.87. The molecule has 3 amide bonds. The molecule has 0 aliphatic carbocycles. The summed E-state index contributed by atoms with van der Waals surface area (Å²) >= 11 is 4.85. The average molecular weight is 424 g/mol. The second-order valence-corrected chi connectivity index (χ2v) is 8.79. The Morgan fingerprint density at radius 2 is 2.16 bits per heavy atom. The van der Waals surface area contributed by atoms with Gasteiger partial charge in [0.25, 0.3) is 5.91 Å². The van der Waals surface area contributed by atoms with E-state index in [1.54, 1.807) is 23.0 Å². The third-order valence-electron chi connectivity index (χ3n) is 4.72. The molecule has 2 aliphatic rings. The fourth-order valence-corrected chi connectivity index (χ4v) is 4.64. The summed E-state index contributed by atoms with van der Waals surface area (Å²) in [5, 5.41) is 4.43. The summed E-state index contributed by atoms with van der Waals surface area (Å²) in [6.45, 7) is 2.78. The molecule has 1 atom stereocenters. The smallest absolute Gasteiger partial charge is 0.324 e. The molecule has 132 valence electrons. The van der Waals surface area contributed by atoms with Gasteiger partial charge < -0.3 is 9.80 Å². The zero-order chi connectivity index (χ0) is 17.6. The Kier molecular flexibility index (Phi) is 4.28. The summed E-state index contributed by atoms with van der Waals surface area (Å²) < 4.78 is 2.85. The number of hydrogen-bond acceptors (Lipinski definition) is 4. The van der Waals surface area contributed by atoms with Gasteiger partial charge in [-0.25, -0.2) is 4.79 Å². The van der Waals surface area contributed by atoms with Crippen molar-refractivity contribution in [2.45, 2.75) is 12.5 Å². The van der Waals surface area contributed by atoms with Crippen LogP contribution in [0.2, 0.25) is 0 Å². The van der Waals surface area contributed by atoms with E-state index in [1.807, 2.05) is 27.9 Å². The lowest BCUT2D eigenvalue weighted by Gasteiger charge is -2.16. The normalized spacial score (nSPS) is 20.8. The van der Waals surface area contributed by atoms with Crippen LogP contribution >= 0.6 is 27.3 Å². The van der Waals surface area contributed by atoms with E-state index in [0.29, 0.717) is 13.1 Å². The number of likely N-dealkylation sites (N-methyl/N-ethyl adjacent to an activating group) is 1. The van der Waals surface area contributed by atoms with Crippen LogP contribution in [0, 0.1) is 0 Å². The fraction of sp³-hybridized carbons (Fsp3) is 0.438. The fourth-order valence-electron chi connectivity index (χ4n) is 3.28. The average Bonchev–Trinajstić information content (AvgIpc) is 3.35. The van der Waals surface area contributed by atoms with Gasteiger partial charge >= 0.3 is 6.03 Å². The molecule has 2 saturated heterocycles. The van der Waals surface area contributed by atoms with Crippen molar-refractivity contribution in [2.75, 3.05) is 38.1 Å². The SMILES string of the molecule is CN1CCN(c2cnn(C3CCN(C(=O)c4ccc(Br)s4)C3)c2)C1=O. The number of carbonyl (C=O) groups is 2. The minimum Gasteiger partial charge on any atom is -0.336 e. The number of aromatic nitrogens is 2. The maximum atomic E-state index is 12.6. The molecule has 1 unspecified atom stereocenters. The van der Waals surface area contributed by atoms with Gasteiger partial charge in [-0.3, -0.25) is 14.4 Å². The van der Waals surface area contributed by atoms with Crippen molar-refractivity contribution >= 4 is 44.9 Å². The van der Waals surface area contributed by atoms with Crippen molar-refractivity contribution < 1.29 is 9.59 Å². The van der Waals surface area contributed by atoms with Crippen LogP contribution in [0.5, 0.6) is 0 Å². The predicted octanol–water partition coefficient (Wildman–Crippen LogP) is 2.67. The molecule has 4 heterocycles. The van der Waals surface area contributed by atoms with E-state index in [4.69, 9.17) is 0 Å². The summed E-state index contributed by atoms with van der Waals surface area (Å²) in [5.41, 5.74) is 0.821. The second-order valence-electron chi connectivity index (χ2n) is 6.33. The van der Waals surface area contributed by atoms with E-state index < -0.39 is 0 Å². The zero-order valence-electron chi connectivity index (χ0n) is 13.8.